The minimum Gasteiger partial charge on any atom is -0.486 e. The van der Waals surface area contributed by atoms with Gasteiger partial charge in [0.1, 0.15) is 24.0 Å². The average molecular weight is 554 g/mol. The van der Waals surface area contributed by atoms with Gasteiger partial charge in [-0.15, -0.1) is 0 Å². The summed E-state index contributed by atoms with van der Waals surface area (Å²) in [6.45, 7) is 1.34. The SMILES string of the molecule is C/C(=C\c1ccc2c(c1)N(S(=O)(=O)c1cccc(C(F)(F)F)c1)C[C@H](CC=O)O2)c1c(F)cccc1Cl. The first-order valence-corrected chi connectivity index (χ1v) is 12.8. The Labute approximate surface area is 216 Å². The molecule has 0 saturated carbocycles. The molecule has 11 heteroatoms. The van der Waals surface area contributed by atoms with Gasteiger partial charge in [-0.25, -0.2) is 12.8 Å². The molecule has 0 aliphatic carbocycles. The van der Waals surface area contributed by atoms with Gasteiger partial charge in [0.2, 0.25) is 0 Å². The molecule has 0 unspecified atom stereocenters. The third-order valence-electron chi connectivity index (χ3n) is 5.76. The molecular formula is C26H20ClF4NO4S. The van der Waals surface area contributed by atoms with Gasteiger partial charge in [0, 0.05) is 12.0 Å². The van der Waals surface area contributed by atoms with Crippen LogP contribution >= 0.6 is 11.6 Å². The van der Waals surface area contributed by atoms with Crippen molar-refractivity contribution in [2.75, 3.05) is 10.8 Å². The standard InChI is InChI=1S/C26H20ClF4NO4S/c1-16(25-21(27)6-3-7-22(25)28)12-17-8-9-24-23(13-17)32(15-19(36-24)10-11-33)37(34,35)20-5-2-4-18(14-20)26(29,30)31/h2-9,11-14,19H,10,15H2,1H3/b16-12+/t19-/m0/s1. The van der Waals surface area contributed by atoms with Crippen molar-refractivity contribution in [1.82, 2.24) is 0 Å². The molecule has 0 radical (unpaired) electrons. The third kappa shape index (κ3) is 5.50. The number of carbonyl (C=O) groups excluding carboxylic acids is 1. The summed E-state index contributed by atoms with van der Waals surface area (Å²) < 4.78 is 88.0. The van der Waals surface area contributed by atoms with Crippen LogP contribution in [-0.4, -0.2) is 27.4 Å². The molecular weight excluding hydrogens is 534 g/mol. The Morgan fingerprint density at radius 1 is 1.14 bits per heavy atom. The van der Waals surface area contributed by atoms with E-state index in [9.17, 15) is 30.8 Å². The Morgan fingerprint density at radius 2 is 1.86 bits per heavy atom. The average Bonchev–Trinajstić information content (AvgIpc) is 2.83. The van der Waals surface area contributed by atoms with E-state index in [-0.39, 0.29) is 35.0 Å². The molecule has 0 spiro atoms. The van der Waals surface area contributed by atoms with Crippen molar-refractivity contribution in [3.8, 4) is 5.75 Å². The van der Waals surface area contributed by atoms with Crippen LogP contribution < -0.4 is 9.04 Å². The summed E-state index contributed by atoms with van der Waals surface area (Å²) in [5, 5.41) is 0.195. The number of ether oxygens (including phenoxy) is 1. The molecule has 0 saturated heterocycles. The summed E-state index contributed by atoms with van der Waals surface area (Å²) in [5.74, 6) is -0.402. The Kier molecular flexibility index (Phi) is 7.34. The van der Waals surface area contributed by atoms with Crippen molar-refractivity contribution in [3.63, 3.8) is 0 Å². The zero-order valence-corrected chi connectivity index (χ0v) is 20.9. The first-order chi connectivity index (χ1) is 17.4. The van der Waals surface area contributed by atoms with E-state index in [1.807, 2.05) is 0 Å². The van der Waals surface area contributed by atoms with Crippen molar-refractivity contribution in [2.45, 2.75) is 30.5 Å². The summed E-state index contributed by atoms with van der Waals surface area (Å²) in [6.07, 6.45) is -3.54. The number of anilines is 1. The number of halogens is 5. The van der Waals surface area contributed by atoms with Crippen LogP contribution in [0, 0.1) is 5.82 Å². The van der Waals surface area contributed by atoms with E-state index in [4.69, 9.17) is 16.3 Å². The van der Waals surface area contributed by atoms with Crippen LogP contribution in [0.5, 0.6) is 5.75 Å². The Bertz CT molecular complexity index is 1470. The highest BCUT2D eigenvalue weighted by Gasteiger charge is 2.37. The fourth-order valence-corrected chi connectivity index (χ4v) is 5.89. The van der Waals surface area contributed by atoms with Gasteiger partial charge >= 0.3 is 6.18 Å². The fraction of sp³-hybridized carbons (Fsp3) is 0.192. The molecule has 1 atom stereocenters. The van der Waals surface area contributed by atoms with Gasteiger partial charge in [0.25, 0.3) is 10.0 Å². The van der Waals surface area contributed by atoms with Gasteiger partial charge in [-0.05, 0) is 60.5 Å². The summed E-state index contributed by atoms with van der Waals surface area (Å²) in [4.78, 5) is 10.5. The minimum atomic E-state index is -4.74. The van der Waals surface area contributed by atoms with Gasteiger partial charge in [-0.3, -0.25) is 4.31 Å². The van der Waals surface area contributed by atoms with Crippen LogP contribution in [0.4, 0.5) is 23.2 Å². The maximum atomic E-state index is 14.4. The zero-order chi connectivity index (χ0) is 27.0. The maximum Gasteiger partial charge on any atom is 0.416 e. The molecule has 0 N–H and O–H groups in total. The molecule has 5 nitrogen and oxygen atoms in total. The number of allylic oxidation sites excluding steroid dienone is 1. The van der Waals surface area contributed by atoms with E-state index in [1.165, 1.54) is 30.3 Å². The van der Waals surface area contributed by atoms with E-state index in [2.05, 4.69) is 0 Å². The van der Waals surface area contributed by atoms with Crippen molar-refractivity contribution in [3.05, 3.63) is 88.2 Å². The van der Waals surface area contributed by atoms with Crippen LogP contribution in [0.25, 0.3) is 11.6 Å². The lowest BCUT2D eigenvalue weighted by Crippen LogP contribution is -2.43. The van der Waals surface area contributed by atoms with Crippen LogP contribution in [0.3, 0.4) is 0 Å². The Hall–Kier alpha value is -3.37. The van der Waals surface area contributed by atoms with Crippen LogP contribution in [0.2, 0.25) is 5.02 Å². The number of sulfonamides is 1. The zero-order valence-electron chi connectivity index (χ0n) is 19.3. The van der Waals surface area contributed by atoms with Gasteiger partial charge < -0.3 is 9.53 Å². The lowest BCUT2D eigenvalue weighted by molar-refractivity contribution is -0.137. The summed E-state index contributed by atoms with van der Waals surface area (Å²) in [6, 6.07) is 12.3. The quantitative estimate of drug-likeness (QED) is 0.196. The monoisotopic (exact) mass is 553 g/mol. The van der Waals surface area contributed by atoms with E-state index in [1.54, 1.807) is 19.1 Å². The number of alkyl halides is 3. The number of nitrogens with zero attached hydrogens (tertiary/aromatic N) is 1. The fourth-order valence-electron chi connectivity index (χ4n) is 4.03. The molecule has 1 heterocycles. The van der Waals surface area contributed by atoms with Crippen molar-refractivity contribution in [2.24, 2.45) is 0 Å². The van der Waals surface area contributed by atoms with Crippen LogP contribution in [0.15, 0.2) is 65.6 Å². The number of fused-ring (bicyclic) bond motifs is 1. The van der Waals surface area contributed by atoms with Crippen molar-refractivity contribution >= 4 is 45.2 Å². The lowest BCUT2D eigenvalue weighted by Gasteiger charge is -2.35. The highest BCUT2D eigenvalue weighted by molar-refractivity contribution is 7.92. The van der Waals surface area contributed by atoms with Gasteiger partial charge in [-0.2, -0.15) is 13.2 Å². The molecule has 1 aliphatic heterocycles. The summed E-state index contributed by atoms with van der Waals surface area (Å²) in [7, 11) is -4.48. The predicted octanol–water partition coefficient (Wildman–Crippen LogP) is 6.60. The number of hydrogen-bond donors (Lipinski definition) is 0. The molecule has 0 aromatic heterocycles. The molecule has 194 valence electrons. The van der Waals surface area contributed by atoms with E-state index in [0.717, 1.165) is 22.5 Å². The molecule has 3 aromatic rings. The largest absolute Gasteiger partial charge is 0.486 e. The van der Waals surface area contributed by atoms with Crippen LogP contribution in [-0.2, 0) is 21.0 Å². The second-order valence-electron chi connectivity index (χ2n) is 8.36. The Balaban J connectivity index is 1.81. The minimum absolute atomic E-state index is 0.0701. The molecule has 1 aliphatic rings. The van der Waals surface area contributed by atoms with Crippen LogP contribution in [0.1, 0.15) is 30.0 Å². The lowest BCUT2D eigenvalue weighted by atomic mass is 10.0. The summed E-state index contributed by atoms with van der Waals surface area (Å²) >= 11 is 6.15. The molecule has 0 amide bonds. The van der Waals surface area contributed by atoms with Gasteiger partial charge in [-0.1, -0.05) is 35.9 Å². The Morgan fingerprint density at radius 3 is 2.54 bits per heavy atom. The summed E-state index contributed by atoms with van der Waals surface area (Å²) in [5.41, 5.74) is 0.0714. The number of carbonyl (C=O) groups is 1. The van der Waals surface area contributed by atoms with Crippen molar-refractivity contribution < 1.29 is 35.5 Å². The highest BCUT2D eigenvalue weighted by atomic mass is 35.5. The second kappa shape index (κ2) is 10.2. The molecule has 4 rings (SSSR count). The van der Waals surface area contributed by atoms with E-state index >= 15 is 0 Å². The van der Waals surface area contributed by atoms with Gasteiger partial charge in [0.15, 0.2) is 0 Å². The number of benzene rings is 3. The predicted molar refractivity (Wildman–Crippen MR) is 132 cm³/mol. The second-order valence-corrected chi connectivity index (χ2v) is 10.6. The molecule has 3 aromatic carbocycles. The topological polar surface area (TPSA) is 63.7 Å². The van der Waals surface area contributed by atoms with Gasteiger partial charge in [0.05, 0.1) is 27.7 Å². The molecule has 0 bridgehead atoms. The smallest absolute Gasteiger partial charge is 0.416 e. The molecule has 37 heavy (non-hydrogen) atoms. The first kappa shape index (κ1) is 26.7. The number of aldehydes is 1. The first-order valence-electron chi connectivity index (χ1n) is 11.0. The number of rotatable bonds is 6. The third-order valence-corrected chi connectivity index (χ3v) is 7.85. The van der Waals surface area contributed by atoms with E-state index in [0.29, 0.717) is 23.5 Å². The van der Waals surface area contributed by atoms with Crippen molar-refractivity contribution in [1.29, 1.82) is 0 Å². The van der Waals surface area contributed by atoms with E-state index < -0.39 is 38.6 Å². The maximum absolute atomic E-state index is 14.4. The number of hydrogen-bond acceptors (Lipinski definition) is 4. The normalized spacial score (nSPS) is 16.2. The highest BCUT2D eigenvalue weighted by Crippen LogP contribution is 2.40. The molecule has 0 fully saturated rings.